The fourth-order valence-corrected chi connectivity index (χ4v) is 3.90. The van der Waals surface area contributed by atoms with Crippen molar-refractivity contribution in [3.05, 3.63) is 23.7 Å². The van der Waals surface area contributed by atoms with Crippen LogP contribution in [-0.2, 0) is 9.59 Å². The predicted octanol–water partition coefficient (Wildman–Crippen LogP) is -0.239. The van der Waals surface area contributed by atoms with Gasteiger partial charge in [-0.25, -0.2) is 0 Å². The number of aliphatic carboxylic acids is 1. The first-order valence-corrected chi connectivity index (χ1v) is 7.34. The van der Waals surface area contributed by atoms with Crippen LogP contribution in [0.1, 0.15) is 35.4 Å². The molecular formula is C15H17N2O5-. The van der Waals surface area contributed by atoms with Crippen LogP contribution in [0, 0.1) is 30.6 Å². The summed E-state index contributed by atoms with van der Waals surface area (Å²) in [6.07, 6.45) is 3.80. The van der Waals surface area contributed by atoms with E-state index in [9.17, 15) is 19.5 Å². The molecule has 2 fully saturated rings. The molecule has 2 aliphatic carbocycles. The molecule has 0 unspecified atom stereocenters. The molecule has 0 spiro atoms. The van der Waals surface area contributed by atoms with Gasteiger partial charge in [-0.05, 0) is 44.1 Å². The molecule has 0 aliphatic heterocycles. The lowest BCUT2D eigenvalue weighted by Crippen LogP contribution is -2.50. The Morgan fingerprint density at radius 1 is 1.18 bits per heavy atom. The summed E-state index contributed by atoms with van der Waals surface area (Å²) in [6, 6.07) is 1.50. The highest BCUT2D eigenvalue weighted by molar-refractivity contribution is 5.96. The number of amides is 2. The van der Waals surface area contributed by atoms with Crippen LogP contribution in [-0.4, -0.2) is 17.8 Å². The second-order valence-corrected chi connectivity index (χ2v) is 6.04. The molecule has 0 radical (unpaired) electrons. The number of carboxylic acid groups (broad SMARTS) is 1. The van der Waals surface area contributed by atoms with Crippen molar-refractivity contribution in [1.82, 2.24) is 10.9 Å². The van der Waals surface area contributed by atoms with Crippen LogP contribution < -0.4 is 16.0 Å². The molecule has 4 atom stereocenters. The minimum atomic E-state index is -1.18. The number of hydrogen-bond donors (Lipinski definition) is 2. The SMILES string of the molecule is Cc1occc1C(=O)NNC(=O)[C@H]1[C@H]2CC[C@@H](C2)[C@@H]1C(=O)[O-]. The molecule has 3 rings (SSSR count). The molecule has 2 amide bonds. The van der Waals surface area contributed by atoms with Crippen LogP contribution in [0.4, 0.5) is 0 Å². The third kappa shape index (κ3) is 2.36. The number of rotatable bonds is 3. The van der Waals surface area contributed by atoms with E-state index in [-0.39, 0.29) is 11.8 Å². The molecule has 7 heteroatoms. The van der Waals surface area contributed by atoms with E-state index in [1.54, 1.807) is 6.92 Å². The Hall–Kier alpha value is -2.31. The first kappa shape index (κ1) is 14.6. The van der Waals surface area contributed by atoms with Crippen LogP contribution in [0.15, 0.2) is 16.7 Å². The van der Waals surface area contributed by atoms with Crippen LogP contribution in [0.25, 0.3) is 0 Å². The zero-order chi connectivity index (χ0) is 15.9. The molecule has 0 aromatic carbocycles. The maximum Gasteiger partial charge on any atom is 0.273 e. The van der Waals surface area contributed by atoms with Crippen molar-refractivity contribution >= 4 is 17.8 Å². The second kappa shape index (κ2) is 5.47. The van der Waals surface area contributed by atoms with Crippen molar-refractivity contribution in [3.8, 4) is 0 Å². The number of hydrogen-bond acceptors (Lipinski definition) is 5. The van der Waals surface area contributed by atoms with E-state index in [1.165, 1.54) is 12.3 Å². The predicted molar refractivity (Wildman–Crippen MR) is 71.9 cm³/mol. The average Bonchev–Trinajstić information content (AvgIpc) is 3.18. The minimum absolute atomic E-state index is 0.0116. The van der Waals surface area contributed by atoms with Gasteiger partial charge in [-0.2, -0.15) is 0 Å². The smallest absolute Gasteiger partial charge is 0.273 e. The van der Waals surface area contributed by atoms with Crippen molar-refractivity contribution in [2.75, 3.05) is 0 Å². The molecule has 7 nitrogen and oxygen atoms in total. The molecule has 1 aromatic rings. The van der Waals surface area contributed by atoms with Gasteiger partial charge in [-0.15, -0.1) is 0 Å². The molecule has 2 saturated carbocycles. The first-order chi connectivity index (χ1) is 10.5. The van der Waals surface area contributed by atoms with Gasteiger partial charge in [0, 0.05) is 11.9 Å². The molecule has 2 aliphatic rings. The number of aryl methyl sites for hydroxylation is 1. The van der Waals surface area contributed by atoms with Crippen molar-refractivity contribution in [3.63, 3.8) is 0 Å². The molecule has 1 aromatic heterocycles. The lowest BCUT2D eigenvalue weighted by atomic mass is 9.79. The maximum absolute atomic E-state index is 12.3. The highest BCUT2D eigenvalue weighted by Gasteiger charge is 2.51. The Morgan fingerprint density at radius 3 is 2.45 bits per heavy atom. The topological polar surface area (TPSA) is 111 Å². The van der Waals surface area contributed by atoms with Crippen LogP contribution in [0.5, 0.6) is 0 Å². The largest absolute Gasteiger partial charge is 0.550 e. The number of nitrogens with one attached hydrogen (secondary N) is 2. The number of fused-ring (bicyclic) bond motifs is 2. The highest BCUT2D eigenvalue weighted by atomic mass is 16.4. The van der Waals surface area contributed by atoms with Gasteiger partial charge in [0.15, 0.2) is 0 Å². The first-order valence-electron chi connectivity index (χ1n) is 7.34. The Bertz CT molecular complexity index is 623. The third-order valence-corrected chi connectivity index (χ3v) is 4.89. The lowest BCUT2D eigenvalue weighted by molar-refractivity contribution is -0.314. The van der Waals surface area contributed by atoms with Gasteiger partial charge in [0.2, 0.25) is 5.91 Å². The van der Waals surface area contributed by atoms with Gasteiger partial charge in [0.25, 0.3) is 5.91 Å². The van der Waals surface area contributed by atoms with Crippen molar-refractivity contribution in [2.45, 2.75) is 26.2 Å². The van der Waals surface area contributed by atoms with Gasteiger partial charge in [0.1, 0.15) is 5.76 Å². The van der Waals surface area contributed by atoms with Gasteiger partial charge < -0.3 is 14.3 Å². The van der Waals surface area contributed by atoms with E-state index < -0.39 is 29.6 Å². The summed E-state index contributed by atoms with van der Waals surface area (Å²) in [5.74, 6) is -3.01. The standard InChI is InChI=1S/C15H18N2O5/c1-7-10(4-5-22-7)13(18)16-17-14(19)11-8-2-3-9(6-8)12(11)15(20)21/h4-5,8-9,11-12H,2-3,6H2,1H3,(H,16,18)(H,17,19)(H,20,21)/p-1/t8-,9-,11-,12-/m0/s1. The van der Waals surface area contributed by atoms with Crippen molar-refractivity contribution in [2.24, 2.45) is 23.7 Å². The Morgan fingerprint density at radius 2 is 1.86 bits per heavy atom. The molecule has 2 N–H and O–H groups in total. The van der Waals surface area contributed by atoms with Gasteiger partial charge in [-0.1, -0.05) is 0 Å². The van der Waals surface area contributed by atoms with E-state index in [0.29, 0.717) is 11.3 Å². The van der Waals surface area contributed by atoms with Crippen molar-refractivity contribution in [1.29, 1.82) is 0 Å². The minimum Gasteiger partial charge on any atom is -0.550 e. The maximum atomic E-state index is 12.3. The second-order valence-electron chi connectivity index (χ2n) is 6.04. The lowest BCUT2D eigenvalue weighted by Gasteiger charge is -2.30. The fourth-order valence-electron chi connectivity index (χ4n) is 3.90. The van der Waals surface area contributed by atoms with Crippen LogP contribution in [0.3, 0.4) is 0 Å². The molecule has 2 bridgehead atoms. The number of carbonyl (C=O) groups is 3. The summed E-state index contributed by atoms with van der Waals surface area (Å²) in [7, 11) is 0. The summed E-state index contributed by atoms with van der Waals surface area (Å²) in [6.45, 7) is 1.64. The summed E-state index contributed by atoms with van der Waals surface area (Å²) < 4.78 is 5.02. The average molecular weight is 305 g/mol. The summed E-state index contributed by atoms with van der Waals surface area (Å²) in [4.78, 5) is 35.5. The van der Waals surface area contributed by atoms with E-state index in [1.807, 2.05) is 0 Å². The Labute approximate surface area is 127 Å². The zero-order valence-corrected chi connectivity index (χ0v) is 12.1. The zero-order valence-electron chi connectivity index (χ0n) is 12.1. The van der Waals surface area contributed by atoms with Gasteiger partial charge in [-0.3, -0.25) is 20.4 Å². The summed E-state index contributed by atoms with van der Waals surface area (Å²) in [5, 5.41) is 11.3. The van der Waals surface area contributed by atoms with Gasteiger partial charge >= 0.3 is 0 Å². The van der Waals surface area contributed by atoms with Crippen LogP contribution >= 0.6 is 0 Å². The van der Waals surface area contributed by atoms with Crippen molar-refractivity contribution < 1.29 is 23.9 Å². The van der Waals surface area contributed by atoms with E-state index in [2.05, 4.69) is 10.9 Å². The molecule has 1 heterocycles. The van der Waals surface area contributed by atoms with E-state index in [4.69, 9.17) is 4.42 Å². The molecular weight excluding hydrogens is 288 g/mol. The van der Waals surface area contributed by atoms with E-state index >= 15 is 0 Å². The number of carbonyl (C=O) groups excluding carboxylic acids is 3. The van der Waals surface area contributed by atoms with Gasteiger partial charge in [0.05, 0.1) is 17.7 Å². The quantitative estimate of drug-likeness (QED) is 0.749. The third-order valence-electron chi connectivity index (χ3n) is 4.89. The monoisotopic (exact) mass is 305 g/mol. The molecule has 118 valence electrons. The molecule has 22 heavy (non-hydrogen) atoms. The number of carboxylic acids is 1. The Balaban J connectivity index is 1.63. The van der Waals surface area contributed by atoms with Crippen LogP contribution in [0.2, 0.25) is 0 Å². The number of hydrazine groups is 1. The fraction of sp³-hybridized carbons (Fsp3) is 0.533. The normalized spacial score (nSPS) is 29.3. The summed E-state index contributed by atoms with van der Waals surface area (Å²) in [5.41, 5.74) is 4.97. The van der Waals surface area contributed by atoms with E-state index in [0.717, 1.165) is 19.3 Å². The summed E-state index contributed by atoms with van der Waals surface area (Å²) >= 11 is 0. The molecule has 0 saturated heterocycles. The Kier molecular flexibility index (Phi) is 3.64. The highest BCUT2D eigenvalue weighted by Crippen LogP contribution is 2.52. The number of furan rings is 1.